The highest BCUT2D eigenvalue weighted by Crippen LogP contribution is 2.26. The summed E-state index contributed by atoms with van der Waals surface area (Å²) in [5.74, 6) is -0.614. The molecule has 0 atom stereocenters. The Hall–Kier alpha value is -2.51. The van der Waals surface area contributed by atoms with E-state index in [9.17, 15) is 21.6 Å². The summed E-state index contributed by atoms with van der Waals surface area (Å²) in [6, 6.07) is 9.56. The van der Waals surface area contributed by atoms with Crippen molar-refractivity contribution in [3.05, 3.63) is 64.6 Å². The largest absolute Gasteiger partial charge is 0.322 e. The van der Waals surface area contributed by atoms with E-state index in [0.29, 0.717) is 18.8 Å². The maximum Gasteiger partial charge on any atom is 0.263 e. The van der Waals surface area contributed by atoms with Gasteiger partial charge in [0, 0.05) is 30.4 Å². The first-order valence-corrected chi connectivity index (χ1v) is 14.5. The summed E-state index contributed by atoms with van der Waals surface area (Å²) in [6.07, 6.45) is 4.07. The van der Waals surface area contributed by atoms with Crippen molar-refractivity contribution in [3.63, 3.8) is 0 Å². The van der Waals surface area contributed by atoms with E-state index in [2.05, 4.69) is 15.0 Å². The summed E-state index contributed by atoms with van der Waals surface area (Å²) in [4.78, 5) is 16.7. The zero-order valence-corrected chi connectivity index (χ0v) is 21.0. The average Bonchev–Trinajstić information content (AvgIpc) is 3.32. The van der Waals surface area contributed by atoms with Crippen LogP contribution in [0.5, 0.6) is 0 Å². The molecule has 34 heavy (non-hydrogen) atoms. The highest BCUT2D eigenvalue weighted by Gasteiger charge is 2.27. The van der Waals surface area contributed by atoms with E-state index in [1.165, 1.54) is 53.0 Å². The molecule has 180 valence electrons. The Morgan fingerprint density at radius 3 is 2.29 bits per heavy atom. The van der Waals surface area contributed by atoms with Crippen LogP contribution in [0.1, 0.15) is 29.6 Å². The van der Waals surface area contributed by atoms with Crippen molar-refractivity contribution in [2.24, 2.45) is 0 Å². The van der Waals surface area contributed by atoms with E-state index < -0.39 is 26.0 Å². The number of nitrogens with zero attached hydrogens (tertiary/aromatic N) is 2. The number of carbonyl (C=O) groups excluding carboxylic acids is 1. The van der Waals surface area contributed by atoms with E-state index in [0.717, 1.165) is 30.6 Å². The lowest BCUT2D eigenvalue weighted by molar-refractivity contribution is 0.102. The predicted molar refractivity (Wildman–Crippen MR) is 131 cm³/mol. The number of halogens is 1. The second kappa shape index (κ2) is 10.0. The predicted octanol–water partition coefficient (Wildman–Crippen LogP) is 4.02. The van der Waals surface area contributed by atoms with Gasteiger partial charge in [0.05, 0.1) is 20.4 Å². The van der Waals surface area contributed by atoms with Crippen LogP contribution in [0.15, 0.2) is 63.8 Å². The molecular formula is C21H21ClN4O5S3. The fraction of sp³-hybridized carbons (Fsp3) is 0.238. The zero-order chi connectivity index (χ0) is 24.3. The van der Waals surface area contributed by atoms with E-state index in [1.807, 2.05) is 0 Å². The van der Waals surface area contributed by atoms with Crippen LogP contribution in [0.25, 0.3) is 0 Å². The maximum absolute atomic E-state index is 13.0. The third-order valence-corrected chi connectivity index (χ3v) is 9.61. The van der Waals surface area contributed by atoms with E-state index in [1.54, 1.807) is 5.38 Å². The van der Waals surface area contributed by atoms with Crippen molar-refractivity contribution in [2.75, 3.05) is 23.1 Å². The molecule has 0 aliphatic carbocycles. The third kappa shape index (κ3) is 5.41. The van der Waals surface area contributed by atoms with Gasteiger partial charge in [0.1, 0.15) is 0 Å². The number of hydrogen-bond acceptors (Lipinski definition) is 7. The van der Waals surface area contributed by atoms with Gasteiger partial charge in [-0.05, 0) is 55.3 Å². The van der Waals surface area contributed by atoms with Crippen LogP contribution in [0.2, 0.25) is 5.02 Å². The Bertz CT molecular complexity index is 1390. The molecule has 2 heterocycles. The minimum Gasteiger partial charge on any atom is -0.322 e. The summed E-state index contributed by atoms with van der Waals surface area (Å²) in [6.45, 7) is 0.887. The van der Waals surface area contributed by atoms with Crippen LogP contribution in [0.3, 0.4) is 0 Å². The minimum atomic E-state index is -3.83. The summed E-state index contributed by atoms with van der Waals surface area (Å²) in [5, 5.41) is 4.61. The Morgan fingerprint density at radius 1 is 0.971 bits per heavy atom. The monoisotopic (exact) mass is 540 g/mol. The Labute approximate surface area is 206 Å². The van der Waals surface area contributed by atoms with Gasteiger partial charge in [-0.2, -0.15) is 4.31 Å². The fourth-order valence-electron chi connectivity index (χ4n) is 3.46. The highest BCUT2D eigenvalue weighted by atomic mass is 35.5. The molecule has 0 unspecified atom stereocenters. The van der Waals surface area contributed by atoms with Gasteiger partial charge in [-0.1, -0.05) is 18.0 Å². The number of sulfonamides is 2. The number of amides is 1. The lowest BCUT2D eigenvalue weighted by Gasteiger charge is -2.26. The van der Waals surface area contributed by atoms with Crippen LogP contribution < -0.4 is 10.0 Å². The normalized spacial score (nSPS) is 15.1. The lowest BCUT2D eigenvalue weighted by Crippen LogP contribution is -2.35. The first-order valence-electron chi connectivity index (χ1n) is 10.3. The molecule has 13 heteroatoms. The van der Waals surface area contributed by atoms with Gasteiger partial charge >= 0.3 is 0 Å². The molecule has 1 aliphatic rings. The van der Waals surface area contributed by atoms with E-state index in [-0.39, 0.29) is 25.5 Å². The number of rotatable bonds is 7. The van der Waals surface area contributed by atoms with Crippen molar-refractivity contribution in [1.82, 2.24) is 9.29 Å². The van der Waals surface area contributed by atoms with Crippen LogP contribution in [0.4, 0.5) is 10.8 Å². The molecule has 0 saturated carbocycles. The summed E-state index contributed by atoms with van der Waals surface area (Å²) in [7, 11) is -7.56. The number of thiazole rings is 1. The summed E-state index contributed by atoms with van der Waals surface area (Å²) in [5.41, 5.74) is 0.320. The van der Waals surface area contributed by atoms with Gasteiger partial charge in [-0.3, -0.25) is 9.52 Å². The summed E-state index contributed by atoms with van der Waals surface area (Å²) >= 11 is 7.33. The number of piperidine rings is 1. The van der Waals surface area contributed by atoms with Crippen LogP contribution in [-0.2, 0) is 20.0 Å². The summed E-state index contributed by atoms with van der Waals surface area (Å²) < 4.78 is 54.6. The molecule has 4 rings (SSSR count). The molecule has 0 radical (unpaired) electrons. The second-order valence-corrected chi connectivity index (χ2v) is 12.4. The number of aromatic nitrogens is 1. The van der Waals surface area contributed by atoms with Crippen LogP contribution in [-0.4, -0.2) is 45.1 Å². The van der Waals surface area contributed by atoms with Gasteiger partial charge in [-0.25, -0.2) is 21.8 Å². The minimum absolute atomic E-state index is 0.00125. The molecule has 0 spiro atoms. The van der Waals surface area contributed by atoms with E-state index >= 15 is 0 Å². The van der Waals surface area contributed by atoms with Crippen molar-refractivity contribution in [3.8, 4) is 0 Å². The van der Waals surface area contributed by atoms with Crippen LogP contribution in [0, 0.1) is 0 Å². The van der Waals surface area contributed by atoms with Gasteiger partial charge in [-0.15, -0.1) is 11.3 Å². The number of carbonyl (C=O) groups is 1. The number of benzene rings is 2. The maximum atomic E-state index is 13.0. The molecule has 0 bridgehead atoms. The molecule has 1 amide bonds. The first-order chi connectivity index (χ1) is 16.2. The average molecular weight is 541 g/mol. The van der Waals surface area contributed by atoms with Crippen molar-refractivity contribution < 1.29 is 21.6 Å². The molecule has 1 fully saturated rings. The highest BCUT2D eigenvalue weighted by molar-refractivity contribution is 7.93. The quantitative estimate of drug-likeness (QED) is 0.466. The Morgan fingerprint density at radius 2 is 1.65 bits per heavy atom. The molecule has 1 aromatic heterocycles. The van der Waals surface area contributed by atoms with Crippen molar-refractivity contribution >= 4 is 59.7 Å². The second-order valence-electron chi connectivity index (χ2n) is 7.53. The SMILES string of the molecule is O=C(Nc1ccc(S(=O)(=O)Nc2nccs2)cc1)c1cc(S(=O)(=O)N2CCCCC2)ccc1Cl. The lowest BCUT2D eigenvalue weighted by atomic mass is 10.2. The first kappa shape index (κ1) is 24.6. The smallest absolute Gasteiger partial charge is 0.263 e. The van der Waals surface area contributed by atoms with Crippen LogP contribution >= 0.6 is 22.9 Å². The van der Waals surface area contributed by atoms with E-state index in [4.69, 9.17) is 11.6 Å². The van der Waals surface area contributed by atoms with Crippen molar-refractivity contribution in [1.29, 1.82) is 0 Å². The third-order valence-electron chi connectivity index (χ3n) is 5.21. The van der Waals surface area contributed by atoms with Gasteiger partial charge in [0.15, 0.2) is 5.13 Å². The fourth-order valence-corrected chi connectivity index (χ4v) is 6.99. The topological polar surface area (TPSA) is 126 Å². The number of nitrogens with one attached hydrogen (secondary N) is 2. The van der Waals surface area contributed by atoms with Gasteiger partial charge in [0.2, 0.25) is 10.0 Å². The Balaban J connectivity index is 1.51. The van der Waals surface area contributed by atoms with Crippen molar-refractivity contribution in [2.45, 2.75) is 29.1 Å². The number of hydrogen-bond donors (Lipinski definition) is 2. The molecule has 1 aliphatic heterocycles. The Kier molecular flexibility index (Phi) is 7.24. The van der Waals surface area contributed by atoms with Gasteiger partial charge < -0.3 is 5.32 Å². The standard InChI is InChI=1S/C21H21ClN4O5S3/c22-19-9-8-17(34(30,31)26-11-2-1-3-12-26)14-18(19)20(27)24-15-4-6-16(7-5-15)33(28,29)25-21-23-10-13-32-21/h4-10,13-14H,1-3,11-12H2,(H,23,25)(H,24,27). The molecular weight excluding hydrogens is 520 g/mol. The van der Waals surface area contributed by atoms with Gasteiger partial charge in [0.25, 0.3) is 15.9 Å². The molecule has 3 aromatic rings. The molecule has 2 N–H and O–H groups in total. The molecule has 1 saturated heterocycles. The molecule has 9 nitrogen and oxygen atoms in total. The molecule has 2 aromatic carbocycles. The number of anilines is 2. The zero-order valence-electron chi connectivity index (χ0n) is 17.8.